The molecule has 0 atom stereocenters. The van der Waals surface area contributed by atoms with Gasteiger partial charge in [-0.05, 0) is 49.3 Å². The predicted molar refractivity (Wildman–Crippen MR) is 61.3 cm³/mol. The molecule has 0 aromatic heterocycles. The van der Waals surface area contributed by atoms with Crippen LogP contribution in [0.1, 0.15) is 11.1 Å². The molecule has 0 amide bonds. The average Bonchev–Trinajstić information content (AvgIpc) is 2.11. The maximum Gasteiger partial charge on any atom is 0.119 e. The lowest BCUT2D eigenvalue weighted by atomic mass is 10.1. The van der Waals surface area contributed by atoms with E-state index in [2.05, 4.69) is 42.3 Å². The minimum absolute atomic E-state index is 0.548. The summed E-state index contributed by atoms with van der Waals surface area (Å²) in [5.41, 5.74) is 2.41. The van der Waals surface area contributed by atoms with E-state index >= 15 is 0 Å². The number of isothiocyanates is 1. The second kappa shape index (κ2) is 5.53. The Morgan fingerprint density at radius 1 is 1.29 bits per heavy atom. The van der Waals surface area contributed by atoms with Gasteiger partial charge in [-0.25, -0.2) is 4.99 Å². The summed E-state index contributed by atoms with van der Waals surface area (Å²) < 4.78 is 5.49. The molecule has 0 unspecified atom stereocenters. The van der Waals surface area contributed by atoms with Gasteiger partial charge >= 0.3 is 0 Å². The zero-order chi connectivity index (χ0) is 10.4. The molecular formula is C11H13NOS. The van der Waals surface area contributed by atoms with Gasteiger partial charge in [-0.3, -0.25) is 0 Å². The molecule has 0 spiro atoms. The Bertz CT molecular complexity index is 336. The SMILES string of the molecule is Cc1cc(C)cc(OCCN=C=S)c1. The highest BCUT2D eigenvalue weighted by Gasteiger charge is 1.95. The lowest BCUT2D eigenvalue weighted by Gasteiger charge is -2.06. The van der Waals surface area contributed by atoms with Crippen molar-refractivity contribution < 1.29 is 4.74 Å². The van der Waals surface area contributed by atoms with Crippen LogP contribution in [0.15, 0.2) is 23.2 Å². The molecule has 0 radical (unpaired) electrons. The zero-order valence-electron chi connectivity index (χ0n) is 8.41. The van der Waals surface area contributed by atoms with Crippen LogP contribution < -0.4 is 4.74 Å². The van der Waals surface area contributed by atoms with Crippen LogP contribution in [0.2, 0.25) is 0 Å². The van der Waals surface area contributed by atoms with E-state index in [1.165, 1.54) is 11.1 Å². The van der Waals surface area contributed by atoms with Crippen molar-refractivity contribution in [3.63, 3.8) is 0 Å². The van der Waals surface area contributed by atoms with Crippen molar-refractivity contribution >= 4 is 17.4 Å². The molecule has 0 N–H and O–H groups in total. The molecule has 74 valence electrons. The van der Waals surface area contributed by atoms with Crippen molar-refractivity contribution in [3.8, 4) is 5.75 Å². The Morgan fingerprint density at radius 2 is 1.93 bits per heavy atom. The number of hydrogen-bond donors (Lipinski definition) is 0. The predicted octanol–water partition coefficient (Wildman–Crippen LogP) is 2.79. The molecule has 1 aromatic carbocycles. The second-order valence-electron chi connectivity index (χ2n) is 3.14. The van der Waals surface area contributed by atoms with Gasteiger partial charge in [-0.1, -0.05) is 6.07 Å². The van der Waals surface area contributed by atoms with Gasteiger partial charge in [0.25, 0.3) is 0 Å². The third-order valence-corrected chi connectivity index (χ3v) is 1.86. The first kappa shape index (κ1) is 10.9. The molecule has 0 saturated carbocycles. The van der Waals surface area contributed by atoms with Crippen molar-refractivity contribution in [2.24, 2.45) is 4.99 Å². The average molecular weight is 207 g/mol. The number of hydrogen-bond acceptors (Lipinski definition) is 3. The molecule has 1 rings (SSSR count). The summed E-state index contributed by atoms with van der Waals surface area (Å²) in [6.07, 6.45) is 0. The van der Waals surface area contributed by atoms with Crippen molar-refractivity contribution in [3.05, 3.63) is 29.3 Å². The van der Waals surface area contributed by atoms with Crippen molar-refractivity contribution in [2.45, 2.75) is 13.8 Å². The molecular weight excluding hydrogens is 194 g/mol. The Hall–Kier alpha value is -1.18. The highest BCUT2D eigenvalue weighted by atomic mass is 32.1. The minimum atomic E-state index is 0.548. The molecule has 14 heavy (non-hydrogen) atoms. The van der Waals surface area contributed by atoms with Gasteiger partial charge in [0.05, 0.1) is 11.7 Å². The summed E-state index contributed by atoms with van der Waals surface area (Å²) in [5.74, 6) is 0.891. The number of aryl methyl sites for hydroxylation is 2. The molecule has 1 aromatic rings. The highest BCUT2D eigenvalue weighted by Crippen LogP contribution is 2.15. The second-order valence-corrected chi connectivity index (χ2v) is 3.33. The van der Waals surface area contributed by atoms with Crippen LogP contribution in [0.25, 0.3) is 0 Å². The van der Waals surface area contributed by atoms with Crippen molar-refractivity contribution in [1.29, 1.82) is 0 Å². The molecule has 0 fully saturated rings. The summed E-state index contributed by atoms with van der Waals surface area (Å²) in [5, 5.41) is 2.31. The largest absolute Gasteiger partial charge is 0.492 e. The quantitative estimate of drug-likeness (QED) is 0.430. The summed E-state index contributed by atoms with van der Waals surface area (Å²) >= 11 is 4.45. The minimum Gasteiger partial charge on any atom is -0.492 e. The Morgan fingerprint density at radius 3 is 2.50 bits per heavy atom. The first-order valence-corrected chi connectivity index (χ1v) is 4.88. The number of aliphatic imine (C=N–C) groups is 1. The van der Waals surface area contributed by atoms with E-state index in [9.17, 15) is 0 Å². The Balaban J connectivity index is 2.54. The zero-order valence-corrected chi connectivity index (χ0v) is 9.23. The van der Waals surface area contributed by atoms with Gasteiger partial charge in [0, 0.05) is 0 Å². The fourth-order valence-corrected chi connectivity index (χ4v) is 1.36. The van der Waals surface area contributed by atoms with Crippen LogP contribution in [-0.2, 0) is 0 Å². The molecule has 3 heteroatoms. The van der Waals surface area contributed by atoms with Gasteiger partial charge in [0.15, 0.2) is 0 Å². The van der Waals surface area contributed by atoms with Gasteiger partial charge in [-0.15, -0.1) is 0 Å². The van der Waals surface area contributed by atoms with Crippen molar-refractivity contribution in [2.75, 3.05) is 13.2 Å². The number of rotatable bonds is 4. The summed E-state index contributed by atoms with van der Waals surface area (Å²) in [6.45, 7) is 5.22. The number of benzene rings is 1. The number of nitrogens with zero attached hydrogens (tertiary/aromatic N) is 1. The Labute approximate surface area is 89.6 Å². The summed E-state index contributed by atoms with van der Waals surface area (Å²) in [6, 6.07) is 6.13. The smallest absolute Gasteiger partial charge is 0.119 e. The first-order chi connectivity index (χ1) is 6.72. The van der Waals surface area contributed by atoms with E-state index < -0.39 is 0 Å². The van der Waals surface area contributed by atoms with Crippen LogP contribution in [-0.4, -0.2) is 18.3 Å². The topological polar surface area (TPSA) is 21.6 Å². The standard InChI is InChI=1S/C11H13NOS/c1-9-5-10(2)7-11(6-9)13-4-3-12-8-14/h5-7H,3-4H2,1-2H3. The van der Waals surface area contributed by atoms with E-state index in [0.717, 1.165) is 5.75 Å². The molecule has 0 aliphatic rings. The fraction of sp³-hybridized carbons (Fsp3) is 0.364. The van der Waals surface area contributed by atoms with Crippen LogP contribution >= 0.6 is 12.2 Å². The number of thiocarbonyl (C=S) groups is 1. The van der Waals surface area contributed by atoms with Gasteiger partial charge < -0.3 is 4.74 Å². The van der Waals surface area contributed by atoms with E-state index in [1.807, 2.05) is 12.1 Å². The third kappa shape index (κ3) is 3.69. The van der Waals surface area contributed by atoms with Crippen molar-refractivity contribution in [1.82, 2.24) is 0 Å². The molecule has 0 aliphatic heterocycles. The van der Waals surface area contributed by atoms with Crippen LogP contribution in [0, 0.1) is 13.8 Å². The molecule has 0 heterocycles. The third-order valence-electron chi connectivity index (χ3n) is 1.73. The van der Waals surface area contributed by atoms with E-state index in [4.69, 9.17) is 4.74 Å². The monoisotopic (exact) mass is 207 g/mol. The molecule has 0 bridgehead atoms. The summed E-state index contributed by atoms with van der Waals surface area (Å²) in [4.78, 5) is 3.77. The van der Waals surface area contributed by atoms with E-state index in [0.29, 0.717) is 13.2 Å². The summed E-state index contributed by atoms with van der Waals surface area (Å²) in [7, 11) is 0. The van der Waals surface area contributed by atoms with Gasteiger partial charge in [0.1, 0.15) is 12.4 Å². The van der Waals surface area contributed by atoms with E-state index in [-0.39, 0.29) is 0 Å². The molecule has 0 saturated heterocycles. The van der Waals surface area contributed by atoms with Crippen LogP contribution in [0.3, 0.4) is 0 Å². The normalized spacial score (nSPS) is 9.29. The highest BCUT2D eigenvalue weighted by molar-refractivity contribution is 7.78. The van der Waals surface area contributed by atoms with Crippen LogP contribution in [0.4, 0.5) is 0 Å². The Kier molecular flexibility index (Phi) is 4.30. The fourth-order valence-electron chi connectivity index (χ4n) is 1.27. The maximum absolute atomic E-state index is 5.49. The molecule has 0 aliphatic carbocycles. The van der Waals surface area contributed by atoms with Gasteiger partial charge in [-0.2, -0.15) is 0 Å². The first-order valence-electron chi connectivity index (χ1n) is 4.47. The number of ether oxygens (including phenoxy) is 1. The molecule has 2 nitrogen and oxygen atoms in total. The van der Waals surface area contributed by atoms with E-state index in [1.54, 1.807) is 0 Å². The maximum atomic E-state index is 5.49. The van der Waals surface area contributed by atoms with Crippen LogP contribution in [0.5, 0.6) is 5.75 Å². The lowest BCUT2D eigenvalue weighted by molar-refractivity contribution is 0.328. The lowest BCUT2D eigenvalue weighted by Crippen LogP contribution is -2.00. The van der Waals surface area contributed by atoms with Gasteiger partial charge in [0.2, 0.25) is 0 Å².